The van der Waals surface area contributed by atoms with Crippen LogP contribution in [0.4, 0.5) is 5.69 Å². The molecule has 0 atom stereocenters. The zero-order valence-corrected chi connectivity index (χ0v) is 11.1. The third-order valence-electron chi connectivity index (χ3n) is 4.12. The van der Waals surface area contributed by atoms with E-state index in [-0.39, 0.29) is 6.61 Å². The van der Waals surface area contributed by atoms with Crippen molar-refractivity contribution >= 4 is 5.69 Å². The topological polar surface area (TPSA) is 26.7 Å². The standard InChI is InChI=1S/C15H22N2O/c1-12-2-5-15(13(10-12)11-18)17-8-6-16(7-9-17)14-3-4-14/h2,5,10,14,18H,3-4,6-9,11H2,1H3. The van der Waals surface area contributed by atoms with Crippen LogP contribution in [0.2, 0.25) is 0 Å². The minimum atomic E-state index is 0.139. The van der Waals surface area contributed by atoms with Crippen LogP contribution in [-0.2, 0) is 6.61 Å². The lowest BCUT2D eigenvalue weighted by molar-refractivity contribution is 0.246. The summed E-state index contributed by atoms with van der Waals surface area (Å²) in [6.45, 7) is 6.74. The van der Waals surface area contributed by atoms with Crippen molar-refractivity contribution in [3.05, 3.63) is 29.3 Å². The fraction of sp³-hybridized carbons (Fsp3) is 0.600. The van der Waals surface area contributed by atoms with E-state index < -0.39 is 0 Å². The fourth-order valence-electron chi connectivity index (χ4n) is 2.92. The van der Waals surface area contributed by atoms with Gasteiger partial charge in [-0.1, -0.05) is 17.7 Å². The average Bonchev–Trinajstić information content (AvgIpc) is 3.23. The summed E-state index contributed by atoms with van der Waals surface area (Å²) in [5, 5.41) is 9.49. The molecule has 3 rings (SSSR count). The second-order valence-electron chi connectivity index (χ2n) is 5.54. The summed E-state index contributed by atoms with van der Waals surface area (Å²) < 4.78 is 0. The molecule has 0 amide bonds. The van der Waals surface area contributed by atoms with Gasteiger partial charge in [0.15, 0.2) is 0 Å². The number of aliphatic hydroxyl groups excluding tert-OH is 1. The molecule has 0 bridgehead atoms. The third-order valence-corrected chi connectivity index (χ3v) is 4.12. The van der Waals surface area contributed by atoms with E-state index in [1.54, 1.807) is 0 Å². The SMILES string of the molecule is Cc1ccc(N2CCN(C3CC3)CC2)c(CO)c1. The number of piperazine rings is 1. The second-order valence-corrected chi connectivity index (χ2v) is 5.54. The van der Waals surface area contributed by atoms with Crippen LogP contribution < -0.4 is 4.90 Å². The molecule has 0 spiro atoms. The first kappa shape index (κ1) is 12.0. The molecule has 0 aromatic heterocycles. The van der Waals surface area contributed by atoms with Gasteiger partial charge in [-0.3, -0.25) is 4.90 Å². The highest BCUT2D eigenvalue weighted by molar-refractivity contribution is 5.55. The maximum absolute atomic E-state index is 9.49. The number of hydrogen-bond acceptors (Lipinski definition) is 3. The molecule has 2 fully saturated rings. The van der Waals surface area contributed by atoms with Gasteiger partial charge in [-0.05, 0) is 25.8 Å². The summed E-state index contributed by atoms with van der Waals surface area (Å²) in [6.07, 6.45) is 2.79. The van der Waals surface area contributed by atoms with E-state index in [9.17, 15) is 5.11 Å². The highest BCUT2D eigenvalue weighted by atomic mass is 16.3. The molecule has 98 valence electrons. The van der Waals surface area contributed by atoms with Gasteiger partial charge in [0.05, 0.1) is 6.61 Å². The van der Waals surface area contributed by atoms with Crippen LogP contribution in [-0.4, -0.2) is 42.2 Å². The Bertz CT molecular complexity index is 421. The minimum Gasteiger partial charge on any atom is -0.392 e. The third kappa shape index (κ3) is 2.38. The van der Waals surface area contributed by atoms with Gasteiger partial charge in [-0.15, -0.1) is 0 Å². The minimum absolute atomic E-state index is 0.139. The highest BCUT2D eigenvalue weighted by Gasteiger charge is 2.31. The van der Waals surface area contributed by atoms with Gasteiger partial charge in [0.2, 0.25) is 0 Å². The summed E-state index contributed by atoms with van der Waals surface area (Å²) >= 11 is 0. The molecule has 18 heavy (non-hydrogen) atoms. The maximum Gasteiger partial charge on any atom is 0.0702 e. The molecule has 1 aliphatic heterocycles. The number of anilines is 1. The number of rotatable bonds is 3. The lowest BCUT2D eigenvalue weighted by Crippen LogP contribution is -2.47. The Balaban J connectivity index is 1.71. The van der Waals surface area contributed by atoms with Gasteiger partial charge in [-0.2, -0.15) is 0 Å². The second kappa shape index (κ2) is 4.90. The molecule has 1 saturated heterocycles. The largest absolute Gasteiger partial charge is 0.392 e. The zero-order chi connectivity index (χ0) is 12.5. The fourth-order valence-corrected chi connectivity index (χ4v) is 2.92. The van der Waals surface area contributed by atoms with Gasteiger partial charge in [0, 0.05) is 43.5 Å². The molecule has 1 N–H and O–H groups in total. The Morgan fingerprint density at radius 2 is 1.89 bits per heavy atom. The van der Waals surface area contributed by atoms with Crippen molar-refractivity contribution in [3.63, 3.8) is 0 Å². The van der Waals surface area contributed by atoms with Crippen LogP contribution in [0.1, 0.15) is 24.0 Å². The van der Waals surface area contributed by atoms with E-state index >= 15 is 0 Å². The molecule has 3 nitrogen and oxygen atoms in total. The van der Waals surface area contributed by atoms with Crippen LogP contribution in [0, 0.1) is 6.92 Å². The Labute approximate surface area is 109 Å². The molecule has 1 heterocycles. The first-order valence-electron chi connectivity index (χ1n) is 6.97. The molecule has 2 aliphatic rings. The van der Waals surface area contributed by atoms with Crippen LogP contribution in [0.25, 0.3) is 0 Å². The molecule has 1 aromatic carbocycles. The van der Waals surface area contributed by atoms with Crippen molar-refractivity contribution in [1.82, 2.24) is 4.90 Å². The Morgan fingerprint density at radius 1 is 1.17 bits per heavy atom. The molecule has 0 unspecified atom stereocenters. The van der Waals surface area contributed by atoms with Crippen molar-refractivity contribution in [1.29, 1.82) is 0 Å². The molecule has 1 aliphatic carbocycles. The van der Waals surface area contributed by atoms with E-state index in [4.69, 9.17) is 0 Å². The maximum atomic E-state index is 9.49. The summed E-state index contributed by atoms with van der Waals surface area (Å²) in [7, 11) is 0. The van der Waals surface area contributed by atoms with Crippen LogP contribution in [0.3, 0.4) is 0 Å². The van der Waals surface area contributed by atoms with Gasteiger partial charge < -0.3 is 10.0 Å². The number of benzene rings is 1. The molecular formula is C15H22N2O. The van der Waals surface area contributed by atoms with E-state index in [0.29, 0.717) is 0 Å². The summed E-state index contributed by atoms with van der Waals surface area (Å²) in [5.74, 6) is 0. The molecule has 1 saturated carbocycles. The number of hydrogen-bond donors (Lipinski definition) is 1. The first-order chi connectivity index (χ1) is 8.78. The molecular weight excluding hydrogens is 224 g/mol. The normalized spacial score (nSPS) is 21.3. The molecule has 1 aromatic rings. The van der Waals surface area contributed by atoms with Gasteiger partial charge >= 0.3 is 0 Å². The van der Waals surface area contributed by atoms with Crippen molar-refractivity contribution in [3.8, 4) is 0 Å². The van der Waals surface area contributed by atoms with Gasteiger partial charge in [0.25, 0.3) is 0 Å². The summed E-state index contributed by atoms with van der Waals surface area (Å²) in [4.78, 5) is 5.03. The zero-order valence-electron chi connectivity index (χ0n) is 11.1. The van der Waals surface area contributed by atoms with Crippen LogP contribution >= 0.6 is 0 Å². The van der Waals surface area contributed by atoms with Gasteiger partial charge in [0.1, 0.15) is 0 Å². The Kier molecular flexibility index (Phi) is 3.27. The summed E-state index contributed by atoms with van der Waals surface area (Å²) in [5.41, 5.74) is 3.51. The lowest BCUT2D eigenvalue weighted by atomic mass is 10.1. The van der Waals surface area contributed by atoms with Crippen molar-refractivity contribution in [2.45, 2.75) is 32.4 Å². The number of nitrogens with zero attached hydrogens (tertiary/aromatic N) is 2. The van der Waals surface area contributed by atoms with E-state index in [0.717, 1.165) is 24.7 Å². The van der Waals surface area contributed by atoms with E-state index in [1.165, 1.54) is 37.2 Å². The monoisotopic (exact) mass is 246 g/mol. The number of aryl methyl sites for hydroxylation is 1. The Hall–Kier alpha value is -1.06. The Morgan fingerprint density at radius 3 is 2.50 bits per heavy atom. The van der Waals surface area contributed by atoms with Gasteiger partial charge in [-0.25, -0.2) is 0 Å². The van der Waals surface area contributed by atoms with Crippen LogP contribution in [0.5, 0.6) is 0 Å². The predicted octanol–water partition coefficient (Wildman–Crippen LogP) is 1.77. The van der Waals surface area contributed by atoms with E-state index in [2.05, 4.69) is 34.9 Å². The van der Waals surface area contributed by atoms with Crippen molar-refractivity contribution in [2.24, 2.45) is 0 Å². The quantitative estimate of drug-likeness (QED) is 0.880. The average molecular weight is 246 g/mol. The first-order valence-corrected chi connectivity index (χ1v) is 6.97. The molecule has 0 radical (unpaired) electrons. The van der Waals surface area contributed by atoms with E-state index in [1.807, 2.05) is 0 Å². The van der Waals surface area contributed by atoms with Crippen molar-refractivity contribution < 1.29 is 5.11 Å². The summed E-state index contributed by atoms with van der Waals surface area (Å²) in [6, 6.07) is 7.28. The smallest absolute Gasteiger partial charge is 0.0702 e. The molecule has 3 heteroatoms. The van der Waals surface area contributed by atoms with Crippen LogP contribution in [0.15, 0.2) is 18.2 Å². The highest BCUT2D eigenvalue weighted by Crippen LogP contribution is 2.29. The lowest BCUT2D eigenvalue weighted by Gasteiger charge is -2.37. The van der Waals surface area contributed by atoms with Crippen molar-refractivity contribution in [2.75, 3.05) is 31.1 Å². The number of aliphatic hydroxyl groups is 1. The predicted molar refractivity (Wildman–Crippen MR) is 73.9 cm³/mol.